The number of carbonyl (C=O) groups is 3. The quantitative estimate of drug-likeness (QED) is 0.259. The van der Waals surface area contributed by atoms with Crippen molar-refractivity contribution in [1.29, 1.82) is 0 Å². The second-order valence-corrected chi connectivity index (χ2v) is 9.07. The Morgan fingerprint density at radius 3 is 1.87 bits per heavy atom. The lowest BCUT2D eigenvalue weighted by atomic mass is 9.94. The van der Waals surface area contributed by atoms with E-state index >= 15 is 0 Å². The average Bonchev–Trinajstić information content (AvgIpc) is 2.98. The van der Waals surface area contributed by atoms with E-state index in [1.807, 2.05) is 60.7 Å². The van der Waals surface area contributed by atoms with E-state index in [4.69, 9.17) is 0 Å². The van der Waals surface area contributed by atoms with E-state index in [0.717, 1.165) is 11.1 Å². The van der Waals surface area contributed by atoms with E-state index in [-0.39, 0.29) is 37.9 Å². The predicted molar refractivity (Wildman–Crippen MR) is 149 cm³/mol. The molecular weight excluding hydrogens is 492 g/mol. The Labute approximate surface area is 227 Å². The highest BCUT2D eigenvalue weighted by Gasteiger charge is 2.24. The summed E-state index contributed by atoms with van der Waals surface area (Å²) in [6, 6.07) is 32.0. The number of aliphatic hydroxyl groups excluding tert-OH is 1. The van der Waals surface area contributed by atoms with Crippen molar-refractivity contribution in [3.8, 4) is 11.1 Å². The Morgan fingerprint density at radius 2 is 1.26 bits per heavy atom. The summed E-state index contributed by atoms with van der Waals surface area (Å²) in [4.78, 5) is 40.1. The van der Waals surface area contributed by atoms with Crippen LogP contribution in [0, 0.1) is 0 Å². The van der Waals surface area contributed by atoms with E-state index in [9.17, 15) is 24.6 Å². The van der Waals surface area contributed by atoms with E-state index in [1.54, 1.807) is 48.5 Å². The number of carboxylic acid groups (broad SMARTS) is 1. The Hall–Kier alpha value is -4.75. The van der Waals surface area contributed by atoms with Crippen LogP contribution in [0.3, 0.4) is 0 Å². The molecule has 7 heteroatoms. The molecule has 2 amide bonds. The lowest BCUT2D eigenvalue weighted by molar-refractivity contribution is -0.137. The van der Waals surface area contributed by atoms with Crippen molar-refractivity contribution < 1.29 is 24.6 Å². The second kappa shape index (κ2) is 13.2. The van der Waals surface area contributed by atoms with Gasteiger partial charge in [-0.1, -0.05) is 97.1 Å². The molecule has 3 N–H and O–H groups in total. The SMILES string of the molecule is O=C(O)CCN(Cc1ccccc1)C(=O)c1ccccc1-c1ccccc1C(=O)N[C@H](CO)c1ccccc1. The molecule has 0 aliphatic rings. The fourth-order valence-corrected chi connectivity index (χ4v) is 4.43. The molecule has 39 heavy (non-hydrogen) atoms. The third-order valence-corrected chi connectivity index (χ3v) is 6.41. The smallest absolute Gasteiger partial charge is 0.305 e. The molecule has 0 aliphatic heterocycles. The monoisotopic (exact) mass is 522 g/mol. The molecule has 0 bridgehead atoms. The summed E-state index contributed by atoms with van der Waals surface area (Å²) >= 11 is 0. The first-order valence-electron chi connectivity index (χ1n) is 12.7. The van der Waals surface area contributed by atoms with Crippen LogP contribution in [0.2, 0.25) is 0 Å². The van der Waals surface area contributed by atoms with Gasteiger partial charge in [0, 0.05) is 24.2 Å². The Morgan fingerprint density at radius 1 is 0.718 bits per heavy atom. The summed E-state index contributed by atoms with van der Waals surface area (Å²) in [5.41, 5.74) is 3.48. The summed E-state index contributed by atoms with van der Waals surface area (Å²) in [6.07, 6.45) is -0.193. The van der Waals surface area contributed by atoms with Crippen molar-refractivity contribution in [3.63, 3.8) is 0 Å². The van der Waals surface area contributed by atoms with Gasteiger partial charge in [0.2, 0.25) is 0 Å². The maximum atomic E-state index is 13.8. The maximum absolute atomic E-state index is 13.8. The number of hydrogen-bond acceptors (Lipinski definition) is 4. The van der Waals surface area contributed by atoms with Crippen molar-refractivity contribution in [3.05, 3.63) is 131 Å². The summed E-state index contributed by atoms with van der Waals surface area (Å²) in [6.45, 7) is 0.0124. The fraction of sp³-hybridized carbons (Fsp3) is 0.156. The standard InChI is InChI=1S/C32H30N2O5/c35-22-29(24-13-5-2-6-14-24)33-31(38)27-17-9-7-15-25(27)26-16-8-10-18-28(26)32(39)34(20-19-30(36)37)21-23-11-3-1-4-12-23/h1-18,29,35H,19-22H2,(H,33,38)(H,36,37)/t29-/m1/s1. The van der Waals surface area contributed by atoms with Crippen molar-refractivity contribution in [2.24, 2.45) is 0 Å². The van der Waals surface area contributed by atoms with E-state index in [1.165, 1.54) is 4.90 Å². The van der Waals surface area contributed by atoms with Crippen molar-refractivity contribution >= 4 is 17.8 Å². The molecule has 7 nitrogen and oxygen atoms in total. The van der Waals surface area contributed by atoms with Gasteiger partial charge in [-0.15, -0.1) is 0 Å². The van der Waals surface area contributed by atoms with Gasteiger partial charge in [0.15, 0.2) is 0 Å². The van der Waals surface area contributed by atoms with Crippen LogP contribution in [0.25, 0.3) is 11.1 Å². The van der Waals surface area contributed by atoms with Crippen LogP contribution in [0.1, 0.15) is 44.3 Å². The van der Waals surface area contributed by atoms with Crippen molar-refractivity contribution in [2.75, 3.05) is 13.2 Å². The molecule has 0 aliphatic carbocycles. The van der Waals surface area contributed by atoms with Crippen LogP contribution in [0.4, 0.5) is 0 Å². The normalized spacial score (nSPS) is 11.4. The second-order valence-electron chi connectivity index (χ2n) is 9.07. The molecule has 0 aromatic heterocycles. The zero-order valence-corrected chi connectivity index (χ0v) is 21.4. The largest absolute Gasteiger partial charge is 0.481 e. The zero-order valence-electron chi connectivity index (χ0n) is 21.4. The number of hydrogen-bond donors (Lipinski definition) is 3. The molecule has 0 spiro atoms. The van der Waals surface area contributed by atoms with Crippen molar-refractivity contribution in [2.45, 2.75) is 19.0 Å². The van der Waals surface area contributed by atoms with Crippen molar-refractivity contribution in [1.82, 2.24) is 10.2 Å². The van der Waals surface area contributed by atoms with Gasteiger partial charge < -0.3 is 20.4 Å². The minimum atomic E-state index is -0.993. The first-order chi connectivity index (χ1) is 19.0. The number of nitrogens with one attached hydrogen (secondary N) is 1. The van der Waals surface area contributed by atoms with Crippen LogP contribution >= 0.6 is 0 Å². The first kappa shape index (κ1) is 27.3. The van der Waals surface area contributed by atoms with Crippen LogP contribution in [0.15, 0.2) is 109 Å². The number of benzene rings is 4. The highest BCUT2D eigenvalue weighted by Crippen LogP contribution is 2.29. The Kier molecular flexibility index (Phi) is 9.21. The van der Waals surface area contributed by atoms with Gasteiger partial charge in [-0.3, -0.25) is 14.4 Å². The van der Waals surface area contributed by atoms with E-state index in [2.05, 4.69) is 5.32 Å². The minimum Gasteiger partial charge on any atom is -0.481 e. The summed E-state index contributed by atoms with van der Waals surface area (Å²) < 4.78 is 0. The molecule has 0 heterocycles. The number of nitrogens with zero attached hydrogens (tertiary/aromatic N) is 1. The van der Waals surface area contributed by atoms with Gasteiger partial charge in [0.1, 0.15) is 0 Å². The number of amides is 2. The number of carboxylic acids is 1. The van der Waals surface area contributed by atoms with E-state index in [0.29, 0.717) is 22.3 Å². The molecule has 0 fully saturated rings. The lowest BCUT2D eigenvalue weighted by Crippen LogP contribution is -2.33. The zero-order chi connectivity index (χ0) is 27.6. The van der Waals surface area contributed by atoms with E-state index < -0.39 is 12.0 Å². The van der Waals surface area contributed by atoms with Gasteiger partial charge in [0.05, 0.1) is 19.1 Å². The molecule has 0 saturated carbocycles. The van der Waals surface area contributed by atoms with Gasteiger partial charge in [-0.2, -0.15) is 0 Å². The molecule has 198 valence electrons. The maximum Gasteiger partial charge on any atom is 0.305 e. The van der Waals surface area contributed by atoms with Crippen LogP contribution in [0.5, 0.6) is 0 Å². The average molecular weight is 523 g/mol. The topological polar surface area (TPSA) is 107 Å². The summed E-state index contributed by atoms with van der Waals surface area (Å²) in [5.74, 6) is -1.71. The third-order valence-electron chi connectivity index (χ3n) is 6.41. The summed E-state index contributed by atoms with van der Waals surface area (Å²) in [7, 11) is 0. The summed E-state index contributed by atoms with van der Waals surface area (Å²) in [5, 5.41) is 22.1. The number of rotatable bonds is 11. The Bertz CT molecular complexity index is 1420. The number of aliphatic hydroxyl groups is 1. The van der Waals surface area contributed by atoms with Gasteiger partial charge in [0.25, 0.3) is 11.8 Å². The molecule has 4 aromatic carbocycles. The highest BCUT2D eigenvalue weighted by atomic mass is 16.4. The molecule has 0 radical (unpaired) electrons. The molecule has 1 atom stereocenters. The molecule has 0 unspecified atom stereocenters. The van der Waals surface area contributed by atoms with Gasteiger partial charge >= 0.3 is 5.97 Å². The number of carbonyl (C=O) groups excluding carboxylic acids is 2. The fourth-order valence-electron chi connectivity index (χ4n) is 4.43. The molecule has 4 rings (SSSR count). The third kappa shape index (κ3) is 6.97. The molecule has 0 saturated heterocycles. The van der Waals surface area contributed by atoms with Gasteiger partial charge in [-0.05, 0) is 34.4 Å². The van der Waals surface area contributed by atoms with Crippen LogP contribution in [-0.4, -0.2) is 46.0 Å². The first-order valence-corrected chi connectivity index (χ1v) is 12.7. The minimum absolute atomic E-state index is 0.0365. The van der Waals surface area contributed by atoms with Gasteiger partial charge in [-0.25, -0.2) is 0 Å². The number of aliphatic carboxylic acids is 1. The van der Waals surface area contributed by atoms with Crippen LogP contribution < -0.4 is 5.32 Å². The molecule has 4 aromatic rings. The highest BCUT2D eigenvalue weighted by molar-refractivity contribution is 6.06. The van der Waals surface area contributed by atoms with Crippen LogP contribution in [-0.2, 0) is 11.3 Å². The predicted octanol–water partition coefficient (Wildman–Crippen LogP) is 4.93. The lowest BCUT2D eigenvalue weighted by Gasteiger charge is -2.24. The molecular formula is C32H30N2O5. The Balaban J connectivity index is 1.67.